The van der Waals surface area contributed by atoms with Crippen LogP contribution in [0.4, 0.5) is 0 Å². The van der Waals surface area contributed by atoms with E-state index in [2.05, 4.69) is 22.6 Å². The highest BCUT2D eigenvalue weighted by molar-refractivity contribution is 14.1. The first kappa shape index (κ1) is 14.5. The Balaban J connectivity index is 2.02. The lowest BCUT2D eigenvalue weighted by atomic mass is 10.0. The van der Waals surface area contributed by atoms with Crippen LogP contribution in [0.15, 0.2) is 0 Å². The van der Waals surface area contributed by atoms with Crippen LogP contribution in [-0.2, 0) is 19.0 Å². The zero-order valence-electron chi connectivity index (χ0n) is 11.1. The number of ether oxygens (including phenoxy) is 3. The Morgan fingerprint density at radius 2 is 1.94 bits per heavy atom. The summed E-state index contributed by atoms with van der Waals surface area (Å²) >= 11 is 2.39. The van der Waals surface area contributed by atoms with E-state index in [-0.39, 0.29) is 24.1 Å². The molecule has 0 aromatic heterocycles. The number of halogens is 1. The lowest BCUT2D eigenvalue weighted by Crippen LogP contribution is -2.27. The molecule has 0 amide bonds. The van der Waals surface area contributed by atoms with Crippen LogP contribution in [0, 0.1) is 11.8 Å². The van der Waals surface area contributed by atoms with Crippen LogP contribution < -0.4 is 0 Å². The van der Waals surface area contributed by atoms with Crippen molar-refractivity contribution in [3.8, 4) is 0 Å². The average molecular weight is 368 g/mol. The number of fused-ring (bicyclic) bond motifs is 1. The van der Waals surface area contributed by atoms with Crippen LogP contribution in [0.3, 0.4) is 0 Å². The summed E-state index contributed by atoms with van der Waals surface area (Å²) in [6.07, 6.45) is 1.62. The van der Waals surface area contributed by atoms with E-state index >= 15 is 0 Å². The van der Waals surface area contributed by atoms with E-state index in [0.29, 0.717) is 18.9 Å². The molecule has 4 nitrogen and oxygen atoms in total. The highest BCUT2D eigenvalue weighted by Gasteiger charge is 2.53. The molecule has 1 aliphatic heterocycles. The van der Waals surface area contributed by atoms with Crippen LogP contribution in [0.2, 0.25) is 0 Å². The van der Waals surface area contributed by atoms with Crippen LogP contribution in [-0.4, -0.2) is 35.0 Å². The maximum absolute atomic E-state index is 11.6. The molecular formula is C13H21IO4. The predicted octanol–water partition coefficient (Wildman–Crippen LogP) is 2.53. The van der Waals surface area contributed by atoms with Crippen LogP contribution in [0.1, 0.15) is 33.6 Å². The molecule has 1 saturated carbocycles. The monoisotopic (exact) mass is 368 g/mol. The molecule has 0 aromatic carbocycles. The maximum atomic E-state index is 11.6. The summed E-state index contributed by atoms with van der Waals surface area (Å²) in [6.45, 7) is 6.16. The lowest BCUT2D eigenvalue weighted by Gasteiger charge is -2.22. The molecule has 18 heavy (non-hydrogen) atoms. The van der Waals surface area contributed by atoms with E-state index in [1.54, 1.807) is 0 Å². The molecule has 0 aromatic rings. The lowest BCUT2D eigenvalue weighted by molar-refractivity contribution is -0.163. The summed E-state index contributed by atoms with van der Waals surface area (Å²) in [5.74, 6) is 0.0725. The van der Waals surface area contributed by atoms with Crippen molar-refractivity contribution in [2.45, 2.75) is 51.6 Å². The summed E-state index contributed by atoms with van der Waals surface area (Å²) in [7, 11) is 0. The van der Waals surface area contributed by atoms with Crippen molar-refractivity contribution in [3.63, 3.8) is 0 Å². The average Bonchev–Trinajstić information content (AvgIpc) is 2.74. The predicted molar refractivity (Wildman–Crippen MR) is 75.6 cm³/mol. The first-order valence-electron chi connectivity index (χ1n) is 6.54. The van der Waals surface area contributed by atoms with Crippen molar-refractivity contribution in [2.24, 2.45) is 11.8 Å². The molecule has 1 heterocycles. The van der Waals surface area contributed by atoms with E-state index in [9.17, 15) is 4.79 Å². The normalized spacial score (nSPS) is 37.6. The van der Waals surface area contributed by atoms with Crippen LogP contribution >= 0.6 is 22.6 Å². The highest BCUT2D eigenvalue weighted by atomic mass is 127. The minimum absolute atomic E-state index is 0.0455. The van der Waals surface area contributed by atoms with Gasteiger partial charge in [-0.25, -0.2) is 0 Å². The minimum atomic E-state index is -0.521. The quantitative estimate of drug-likeness (QED) is 0.435. The van der Waals surface area contributed by atoms with Gasteiger partial charge in [0, 0.05) is 4.43 Å². The molecule has 4 atom stereocenters. The topological polar surface area (TPSA) is 44.8 Å². The van der Waals surface area contributed by atoms with Gasteiger partial charge in [0.2, 0.25) is 0 Å². The third kappa shape index (κ3) is 2.99. The number of alkyl halides is 1. The summed E-state index contributed by atoms with van der Waals surface area (Å²) in [4.78, 5) is 11.6. The minimum Gasteiger partial charge on any atom is -0.466 e. The van der Waals surface area contributed by atoms with Gasteiger partial charge in [0.05, 0.1) is 25.2 Å². The van der Waals surface area contributed by atoms with Gasteiger partial charge in [0.15, 0.2) is 5.79 Å². The molecule has 0 spiro atoms. The van der Waals surface area contributed by atoms with E-state index in [1.807, 2.05) is 20.8 Å². The Kier molecular flexibility index (Phi) is 4.54. The van der Waals surface area contributed by atoms with Crippen molar-refractivity contribution in [1.82, 2.24) is 0 Å². The standard InChI is InChI=1S/C13H21IO4/c1-4-16-10(15)6-8-5-9(7-14)12-11(8)17-13(2,3)18-12/h8-9,11-12H,4-7H2,1-3H3/t8-,9+,11-,12+/m1/s1. The number of hydrogen-bond donors (Lipinski definition) is 0. The number of carbonyl (C=O) groups is 1. The molecule has 0 unspecified atom stereocenters. The summed E-state index contributed by atoms with van der Waals surface area (Å²) in [5, 5.41) is 0. The summed E-state index contributed by atoms with van der Waals surface area (Å²) in [6, 6.07) is 0. The fraction of sp³-hybridized carbons (Fsp3) is 0.923. The van der Waals surface area contributed by atoms with Crippen LogP contribution in [0.5, 0.6) is 0 Å². The molecule has 1 aliphatic carbocycles. The van der Waals surface area contributed by atoms with Crippen molar-refractivity contribution in [1.29, 1.82) is 0 Å². The summed E-state index contributed by atoms with van der Waals surface area (Å²) < 4.78 is 18.0. The Morgan fingerprint density at radius 1 is 1.33 bits per heavy atom. The number of esters is 1. The van der Waals surface area contributed by atoms with Gasteiger partial charge in [-0.3, -0.25) is 4.79 Å². The Bertz CT molecular complexity index is 318. The van der Waals surface area contributed by atoms with Gasteiger partial charge in [-0.1, -0.05) is 22.6 Å². The molecular weight excluding hydrogens is 347 g/mol. The van der Waals surface area contributed by atoms with Gasteiger partial charge in [-0.15, -0.1) is 0 Å². The van der Waals surface area contributed by atoms with Gasteiger partial charge < -0.3 is 14.2 Å². The van der Waals surface area contributed by atoms with Gasteiger partial charge in [0.1, 0.15) is 0 Å². The van der Waals surface area contributed by atoms with E-state index in [4.69, 9.17) is 14.2 Å². The molecule has 104 valence electrons. The number of rotatable bonds is 4. The smallest absolute Gasteiger partial charge is 0.306 e. The molecule has 0 bridgehead atoms. The van der Waals surface area contributed by atoms with E-state index in [1.165, 1.54) is 0 Å². The van der Waals surface area contributed by atoms with E-state index in [0.717, 1.165) is 10.8 Å². The van der Waals surface area contributed by atoms with E-state index < -0.39 is 5.79 Å². The van der Waals surface area contributed by atoms with Crippen molar-refractivity contribution in [3.05, 3.63) is 0 Å². The molecule has 2 aliphatic rings. The first-order valence-corrected chi connectivity index (χ1v) is 8.06. The third-order valence-electron chi connectivity index (χ3n) is 3.63. The second-order valence-corrected chi connectivity index (χ2v) is 6.36. The fourth-order valence-electron chi connectivity index (χ4n) is 2.99. The van der Waals surface area contributed by atoms with Crippen molar-refractivity contribution < 1.29 is 19.0 Å². The SMILES string of the molecule is CCOC(=O)C[C@H]1C[C@@H](CI)[C@@H]2OC(C)(C)O[C@H]12. The second-order valence-electron chi connectivity index (χ2n) is 5.48. The molecule has 2 rings (SSSR count). The Labute approximate surface area is 122 Å². The maximum Gasteiger partial charge on any atom is 0.306 e. The third-order valence-corrected chi connectivity index (χ3v) is 4.76. The van der Waals surface area contributed by atoms with Gasteiger partial charge in [-0.05, 0) is 39.0 Å². The number of carbonyl (C=O) groups excluding carboxylic acids is 1. The molecule has 2 fully saturated rings. The Morgan fingerprint density at radius 3 is 2.50 bits per heavy atom. The zero-order valence-corrected chi connectivity index (χ0v) is 13.3. The second kappa shape index (κ2) is 5.63. The molecule has 5 heteroatoms. The van der Waals surface area contributed by atoms with Crippen molar-refractivity contribution >= 4 is 28.6 Å². The van der Waals surface area contributed by atoms with Crippen molar-refractivity contribution in [2.75, 3.05) is 11.0 Å². The Hall–Kier alpha value is 0.120. The highest BCUT2D eigenvalue weighted by Crippen LogP contribution is 2.46. The molecule has 0 N–H and O–H groups in total. The van der Waals surface area contributed by atoms with Gasteiger partial charge in [0.25, 0.3) is 0 Å². The molecule has 0 radical (unpaired) electrons. The van der Waals surface area contributed by atoms with Gasteiger partial charge in [-0.2, -0.15) is 0 Å². The first-order chi connectivity index (χ1) is 8.46. The number of hydrogen-bond acceptors (Lipinski definition) is 4. The zero-order chi connectivity index (χ0) is 13.3. The fourth-order valence-corrected chi connectivity index (χ4v) is 3.85. The largest absolute Gasteiger partial charge is 0.466 e. The van der Waals surface area contributed by atoms with Gasteiger partial charge >= 0.3 is 5.97 Å². The van der Waals surface area contributed by atoms with Crippen LogP contribution in [0.25, 0.3) is 0 Å². The summed E-state index contributed by atoms with van der Waals surface area (Å²) in [5.41, 5.74) is 0. The molecule has 1 saturated heterocycles.